The second-order valence-corrected chi connectivity index (χ2v) is 5.74. The van der Waals surface area contributed by atoms with Crippen LogP contribution in [0.15, 0.2) is 24.7 Å². The van der Waals surface area contributed by atoms with E-state index in [2.05, 4.69) is 20.8 Å². The van der Waals surface area contributed by atoms with Gasteiger partial charge in [0.15, 0.2) is 5.65 Å². The van der Waals surface area contributed by atoms with E-state index in [0.29, 0.717) is 11.2 Å². The van der Waals surface area contributed by atoms with Gasteiger partial charge in [0.25, 0.3) is 5.91 Å². The summed E-state index contributed by atoms with van der Waals surface area (Å²) >= 11 is 0. The van der Waals surface area contributed by atoms with Gasteiger partial charge in [0.1, 0.15) is 6.33 Å². The van der Waals surface area contributed by atoms with Gasteiger partial charge in [-0.25, -0.2) is 0 Å². The van der Waals surface area contributed by atoms with Crippen LogP contribution in [-0.4, -0.2) is 38.5 Å². The van der Waals surface area contributed by atoms with E-state index in [-0.39, 0.29) is 23.9 Å². The van der Waals surface area contributed by atoms with Crippen LogP contribution in [0.3, 0.4) is 0 Å². The molecule has 2 N–H and O–H groups in total. The van der Waals surface area contributed by atoms with Gasteiger partial charge in [-0.2, -0.15) is 0 Å². The van der Waals surface area contributed by atoms with Gasteiger partial charge in [-0.1, -0.05) is 0 Å². The Hall–Kier alpha value is -2.44. The van der Waals surface area contributed by atoms with Gasteiger partial charge >= 0.3 is 0 Å². The Morgan fingerprint density at radius 1 is 1.14 bits per heavy atom. The molecule has 0 radical (unpaired) electrons. The van der Waals surface area contributed by atoms with Crippen LogP contribution in [0.1, 0.15) is 43.0 Å². The SMILES string of the molecule is CC(=O)NC1CCC(NC(=O)c2ccc3nncn3c2)CC1. The second kappa shape index (κ2) is 6.13. The van der Waals surface area contributed by atoms with Crippen molar-refractivity contribution in [1.82, 2.24) is 25.2 Å². The first-order valence-electron chi connectivity index (χ1n) is 7.49. The van der Waals surface area contributed by atoms with Crippen molar-refractivity contribution >= 4 is 17.5 Å². The molecule has 116 valence electrons. The zero-order valence-electron chi connectivity index (χ0n) is 12.5. The highest BCUT2D eigenvalue weighted by molar-refractivity contribution is 5.94. The maximum Gasteiger partial charge on any atom is 0.252 e. The average Bonchev–Trinajstić information content (AvgIpc) is 2.96. The van der Waals surface area contributed by atoms with Gasteiger partial charge in [-0.15, -0.1) is 10.2 Å². The number of amides is 2. The fourth-order valence-electron chi connectivity index (χ4n) is 2.90. The smallest absolute Gasteiger partial charge is 0.252 e. The molecule has 1 aliphatic rings. The van der Waals surface area contributed by atoms with E-state index in [9.17, 15) is 9.59 Å². The first-order chi connectivity index (χ1) is 10.6. The summed E-state index contributed by atoms with van der Waals surface area (Å²) in [5.74, 6) is -0.0756. The van der Waals surface area contributed by atoms with Crippen LogP contribution in [-0.2, 0) is 4.79 Å². The molecule has 0 atom stereocenters. The number of fused-ring (bicyclic) bond motifs is 1. The van der Waals surface area contributed by atoms with Gasteiger partial charge < -0.3 is 10.6 Å². The molecule has 1 saturated carbocycles. The molecule has 2 heterocycles. The summed E-state index contributed by atoms with van der Waals surface area (Å²) in [4.78, 5) is 23.4. The van der Waals surface area contributed by atoms with E-state index in [0.717, 1.165) is 25.7 Å². The van der Waals surface area contributed by atoms with Crippen molar-refractivity contribution in [3.05, 3.63) is 30.2 Å². The summed E-state index contributed by atoms with van der Waals surface area (Å²) in [5.41, 5.74) is 1.31. The lowest BCUT2D eigenvalue weighted by Gasteiger charge is -2.29. The maximum atomic E-state index is 12.3. The topological polar surface area (TPSA) is 88.4 Å². The molecule has 0 aliphatic heterocycles. The van der Waals surface area contributed by atoms with Gasteiger partial charge in [-0.05, 0) is 37.8 Å². The predicted molar refractivity (Wildman–Crippen MR) is 80.3 cm³/mol. The summed E-state index contributed by atoms with van der Waals surface area (Å²) in [6, 6.07) is 3.92. The Morgan fingerprint density at radius 3 is 2.50 bits per heavy atom. The molecule has 2 aromatic heterocycles. The third-order valence-corrected chi connectivity index (χ3v) is 4.02. The molecule has 7 heteroatoms. The number of nitrogens with one attached hydrogen (secondary N) is 2. The van der Waals surface area contributed by atoms with Crippen molar-refractivity contribution in [3.8, 4) is 0 Å². The zero-order valence-corrected chi connectivity index (χ0v) is 12.5. The van der Waals surface area contributed by atoms with Crippen molar-refractivity contribution in [3.63, 3.8) is 0 Å². The Morgan fingerprint density at radius 2 is 1.82 bits per heavy atom. The first kappa shape index (κ1) is 14.5. The number of carbonyl (C=O) groups is 2. The van der Waals surface area contributed by atoms with E-state index in [1.54, 1.807) is 29.1 Å². The largest absolute Gasteiger partial charge is 0.354 e. The Kier molecular flexibility index (Phi) is 4.04. The van der Waals surface area contributed by atoms with Crippen LogP contribution in [0.4, 0.5) is 0 Å². The molecule has 1 fully saturated rings. The Balaban J connectivity index is 1.57. The summed E-state index contributed by atoms with van der Waals surface area (Å²) in [5, 5.41) is 13.7. The van der Waals surface area contributed by atoms with Crippen molar-refractivity contribution in [1.29, 1.82) is 0 Å². The number of rotatable bonds is 3. The molecule has 0 spiro atoms. The third-order valence-electron chi connectivity index (χ3n) is 4.02. The van der Waals surface area contributed by atoms with Gasteiger partial charge in [-0.3, -0.25) is 14.0 Å². The third kappa shape index (κ3) is 3.24. The fraction of sp³-hybridized carbons (Fsp3) is 0.467. The molecule has 0 saturated heterocycles. The number of nitrogens with zero attached hydrogens (tertiary/aromatic N) is 3. The molecular weight excluding hydrogens is 282 g/mol. The highest BCUT2D eigenvalue weighted by Crippen LogP contribution is 2.19. The van der Waals surface area contributed by atoms with Gasteiger partial charge in [0, 0.05) is 25.2 Å². The molecule has 22 heavy (non-hydrogen) atoms. The minimum absolute atomic E-state index is 0.00901. The lowest BCUT2D eigenvalue weighted by atomic mass is 9.91. The summed E-state index contributed by atoms with van der Waals surface area (Å²) in [6.45, 7) is 1.54. The van der Waals surface area contributed by atoms with Crippen molar-refractivity contribution in [2.75, 3.05) is 0 Å². The minimum Gasteiger partial charge on any atom is -0.354 e. The standard InChI is InChI=1S/C15H19N5O2/c1-10(21)17-12-3-5-13(6-4-12)18-15(22)11-2-7-14-19-16-9-20(14)8-11/h2,7-9,12-13H,3-6H2,1H3,(H,17,21)(H,18,22). The second-order valence-electron chi connectivity index (χ2n) is 5.74. The van der Waals surface area contributed by atoms with Crippen LogP contribution in [0.5, 0.6) is 0 Å². The molecule has 1 aliphatic carbocycles. The van der Waals surface area contributed by atoms with Crippen molar-refractivity contribution in [2.24, 2.45) is 0 Å². The maximum absolute atomic E-state index is 12.3. The van der Waals surface area contributed by atoms with Crippen LogP contribution in [0, 0.1) is 0 Å². The van der Waals surface area contributed by atoms with Gasteiger partial charge in [0.2, 0.25) is 5.91 Å². The minimum atomic E-state index is -0.0847. The highest BCUT2D eigenvalue weighted by atomic mass is 16.2. The summed E-state index contributed by atoms with van der Waals surface area (Å²) in [6.07, 6.45) is 6.86. The normalized spacial score (nSPS) is 21.5. The molecule has 3 rings (SSSR count). The molecule has 0 aromatic carbocycles. The number of pyridine rings is 1. The number of hydrogen-bond donors (Lipinski definition) is 2. The van der Waals surface area contributed by atoms with Crippen LogP contribution in [0.2, 0.25) is 0 Å². The summed E-state index contributed by atoms with van der Waals surface area (Å²) < 4.78 is 1.72. The number of carbonyl (C=O) groups excluding carboxylic acids is 2. The first-order valence-corrected chi connectivity index (χ1v) is 7.49. The van der Waals surface area contributed by atoms with E-state index in [1.165, 1.54) is 6.92 Å². The van der Waals surface area contributed by atoms with Gasteiger partial charge in [0.05, 0.1) is 5.56 Å². The molecule has 0 unspecified atom stereocenters. The zero-order chi connectivity index (χ0) is 15.5. The number of hydrogen-bond acceptors (Lipinski definition) is 4. The molecule has 0 bridgehead atoms. The lowest BCUT2D eigenvalue weighted by Crippen LogP contribution is -2.43. The fourth-order valence-corrected chi connectivity index (χ4v) is 2.90. The number of aromatic nitrogens is 3. The van der Waals surface area contributed by atoms with Crippen LogP contribution in [0.25, 0.3) is 5.65 Å². The van der Waals surface area contributed by atoms with Crippen molar-refractivity contribution < 1.29 is 9.59 Å². The van der Waals surface area contributed by atoms with Crippen LogP contribution < -0.4 is 10.6 Å². The van der Waals surface area contributed by atoms with E-state index in [4.69, 9.17) is 0 Å². The Bertz CT molecular complexity index is 688. The van der Waals surface area contributed by atoms with Crippen LogP contribution >= 0.6 is 0 Å². The predicted octanol–water partition coefficient (Wildman–Crippen LogP) is 0.906. The highest BCUT2D eigenvalue weighted by Gasteiger charge is 2.23. The Labute approximate surface area is 128 Å². The van der Waals surface area contributed by atoms with Crippen molar-refractivity contribution in [2.45, 2.75) is 44.7 Å². The molecular formula is C15H19N5O2. The lowest BCUT2D eigenvalue weighted by molar-refractivity contribution is -0.119. The average molecular weight is 301 g/mol. The molecule has 7 nitrogen and oxygen atoms in total. The van der Waals surface area contributed by atoms with E-state index < -0.39 is 0 Å². The quantitative estimate of drug-likeness (QED) is 0.882. The monoisotopic (exact) mass is 301 g/mol. The van der Waals surface area contributed by atoms with E-state index >= 15 is 0 Å². The van der Waals surface area contributed by atoms with E-state index in [1.807, 2.05) is 0 Å². The summed E-state index contributed by atoms with van der Waals surface area (Å²) in [7, 11) is 0. The molecule has 2 amide bonds. The molecule has 2 aromatic rings.